The highest BCUT2D eigenvalue weighted by Crippen LogP contribution is 2.40. The molecule has 0 spiro atoms. The average Bonchev–Trinajstić information content (AvgIpc) is 3.54. The quantitative estimate of drug-likeness (QED) is 0.849. The summed E-state index contributed by atoms with van der Waals surface area (Å²) in [5.41, 5.74) is 2.27. The lowest BCUT2D eigenvalue weighted by atomic mass is 10.1. The Balaban J connectivity index is 1.24. The maximum Gasteiger partial charge on any atom is 0.226 e. The van der Waals surface area contributed by atoms with Gasteiger partial charge in [0, 0.05) is 45.1 Å². The SMILES string of the molecule is Cc1ccccc1CNC(=O)C1CC1C(=O)N1CCN(c2ncccn2)CC1. The van der Waals surface area contributed by atoms with Crippen LogP contribution in [0.15, 0.2) is 42.7 Å². The Hall–Kier alpha value is -2.96. The van der Waals surface area contributed by atoms with Crippen molar-refractivity contribution in [2.45, 2.75) is 19.9 Å². The summed E-state index contributed by atoms with van der Waals surface area (Å²) in [5, 5.41) is 2.98. The number of aromatic nitrogens is 2. The molecule has 7 heteroatoms. The van der Waals surface area contributed by atoms with Crippen LogP contribution in [0, 0.1) is 18.8 Å². The fraction of sp³-hybridized carbons (Fsp3) is 0.429. The minimum Gasteiger partial charge on any atom is -0.352 e. The van der Waals surface area contributed by atoms with E-state index in [4.69, 9.17) is 0 Å². The second-order valence-electron chi connectivity index (χ2n) is 7.45. The topological polar surface area (TPSA) is 78.4 Å². The zero-order chi connectivity index (χ0) is 19.5. The van der Waals surface area contributed by atoms with Crippen molar-refractivity contribution in [1.29, 1.82) is 0 Å². The van der Waals surface area contributed by atoms with Crippen molar-refractivity contribution in [3.63, 3.8) is 0 Å². The average molecular weight is 379 g/mol. The van der Waals surface area contributed by atoms with Crippen LogP contribution < -0.4 is 10.2 Å². The first-order chi connectivity index (χ1) is 13.6. The van der Waals surface area contributed by atoms with Gasteiger partial charge in [0.2, 0.25) is 17.8 Å². The summed E-state index contributed by atoms with van der Waals surface area (Å²) in [7, 11) is 0. The van der Waals surface area contributed by atoms with Gasteiger partial charge in [-0.15, -0.1) is 0 Å². The lowest BCUT2D eigenvalue weighted by Crippen LogP contribution is -2.50. The number of carbonyl (C=O) groups excluding carboxylic acids is 2. The van der Waals surface area contributed by atoms with Gasteiger partial charge in [-0.3, -0.25) is 9.59 Å². The van der Waals surface area contributed by atoms with E-state index in [1.165, 1.54) is 0 Å². The maximum atomic E-state index is 12.7. The number of benzene rings is 1. The molecule has 1 aromatic heterocycles. The zero-order valence-electron chi connectivity index (χ0n) is 16.0. The number of rotatable bonds is 5. The number of aryl methyl sites for hydroxylation is 1. The van der Waals surface area contributed by atoms with Crippen LogP contribution in [0.1, 0.15) is 17.5 Å². The molecule has 1 saturated carbocycles. The molecule has 0 bridgehead atoms. The molecule has 2 unspecified atom stereocenters. The van der Waals surface area contributed by atoms with E-state index < -0.39 is 0 Å². The predicted octanol–water partition coefficient (Wildman–Crippen LogP) is 1.39. The van der Waals surface area contributed by atoms with E-state index >= 15 is 0 Å². The van der Waals surface area contributed by atoms with Crippen molar-refractivity contribution in [2.24, 2.45) is 11.8 Å². The van der Waals surface area contributed by atoms with Crippen LogP contribution in [-0.2, 0) is 16.1 Å². The maximum absolute atomic E-state index is 12.7. The number of amides is 2. The van der Waals surface area contributed by atoms with E-state index in [0.29, 0.717) is 45.1 Å². The lowest BCUT2D eigenvalue weighted by Gasteiger charge is -2.34. The summed E-state index contributed by atoms with van der Waals surface area (Å²) in [6.45, 7) is 5.26. The number of nitrogens with zero attached hydrogens (tertiary/aromatic N) is 4. The Morgan fingerprint density at radius 3 is 2.46 bits per heavy atom. The van der Waals surface area contributed by atoms with Gasteiger partial charge < -0.3 is 15.1 Å². The van der Waals surface area contributed by atoms with E-state index in [1.54, 1.807) is 18.5 Å². The molecular formula is C21H25N5O2. The highest BCUT2D eigenvalue weighted by Gasteiger charge is 2.49. The Morgan fingerprint density at radius 1 is 1.04 bits per heavy atom. The molecule has 2 aromatic rings. The van der Waals surface area contributed by atoms with Gasteiger partial charge in [0.1, 0.15) is 0 Å². The van der Waals surface area contributed by atoms with Crippen LogP contribution in [0.2, 0.25) is 0 Å². The number of hydrogen-bond acceptors (Lipinski definition) is 5. The minimum absolute atomic E-state index is 0.0158. The summed E-state index contributed by atoms with van der Waals surface area (Å²) >= 11 is 0. The monoisotopic (exact) mass is 379 g/mol. The summed E-state index contributed by atoms with van der Waals surface area (Å²) in [6, 6.07) is 9.80. The molecule has 2 amide bonds. The molecule has 2 aliphatic rings. The second kappa shape index (κ2) is 7.96. The van der Waals surface area contributed by atoms with Crippen molar-refractivity contribution < 1.29 is 9.59 Å². The molecule has 2 atom stereocenters. The van der Waals surface area contributed by atoms with Gasteiger partial charge in [-0.2, -0.15) is 0 Å². The first-order valence-corrected chi connectivity index (χ1v) is 9.76. The van der Waals surface area contributed by atoms with E-state index in [0.717, 1.165) is 11.1 Å². The molecule has 1 aliphatic heterocycles. The van der Waals surface area contributed by atoms with Gasteiger partial charge in [-0.05, 0) is 30.5 Å². The molecule has 1 aliphatic carbocycles. The molecule has 1 saturated heterocycles. The summed E-state index contributed by atoms with van der Waals surface area (Å²) in [4.78, 5) is 37.7. The standard InChI is InChI=1S/C21H25N5O2/c1-15-5-2-3-6-16(15)14-24-19(27)17-13-18(17)20(28)25-9-11-26(12-10-25)21-22-7-4-8-23-21/h2-8,17-18H,9-14H2,1H3,(H,24,27). The van der Waals surface area contributed by atoms with Gasteiger partial charge in [0.15, 0.2) is 0 Å². The molecule has 2 heterocycles. The van der Waals surface area contributed by atoms with E-state index in [1.807, 2.05) is 36.1 Å². The van der Waals surface area contributed by atoms with Gasteiger partial charge >= 0.3 is 0 Å². The van der Waals surface area contributed by atoms with Gasteiger partial charge in [0.05, 0.1) is 11.8 Å². The van der Waals surface area contributed by atoms with Crippen LogP contribution in [-0.4, -0.2) is 52.9 Å². The number of carbonyl (C=O) groups is 2. The molecule has 1 aromatic carbocycles. The van der Waals surface area contributed by atoms with Crippen molar-refractivity contribution in [1.82, 2.24) is 20.2 Å². The van der Waals surface area contributed by atoms with Crippen LogP contribution in [0.3, 0.4) is 0 Å². The van der Waals surface area contributed by atoms with Crippen molar-refractivity contribution >= 4 is 17.8 Å². The zero-order valence-corrected chi connectivity index (χ0v) is 16.0. The molecular weight excluding hydrogens is 354 g/mol. The predicted molar refractivity (Wildman–Crippen MR) is 105 cm³/mol. The fourth-order valence-electron chi connectivity index (χ4n) is 3.70. The molecule has 2 fully saturated rings. The largest absolute Gasteiger partial charge is 0.352 e. The number of nitrogens with one attached hydrogen (secondary N) is 1. The van der Waals surface area contributed by atoms with Crippen molar-refractivity contribution in [3.8, 4) is 0 Å². The third kappa shape index (κ3) is 3.98. The Bertz CT molecular complexity index is 849. The number of hydrogen-bond donors (Lipinski definition) is 1. The first-order valence-electron chi connectivity index (χ1n) is 9.76. The van der Waals surface area contributed by atoms with Crippen molar-refractivity contribution in [3.05, 3.63) is 53.9 Å². The van der Waals surface area contributed by atoms with Crippen LogP contribution in [0.5, 0.6) is 0 Å². The van der Waals surface area contributed by atoms with E-state index in [9.17, 15) is 9.59 Å². The minimum atomic E-state index is -0.188. The van der Waals surface area contributed by atoms with Crippen LogP contribution in [0.4, 0.5) is 5.95 Å². The van der Waals surface area contributed by atoms with Crippen LogP contribution in [0.25, 0.3) is 0 Å². The van der Waals surface area contributed by atoms with Crippen LogP contribution >= 0.6 is 0 Å². The highest BCUT2D eigenvalue weighted by molar-refractivity contribution is 5.92. The number of piperazine rings is 1. The highest BCUT2D eigenvalue weighted by atomic mass is 16.2. The molecule has 146 valence electrons. The van der Waals surface area contributed by atoms with Gasteiger partial charge in [-0.1, -0.05) is 24.3 Å². The second-order valence-corrected chi connectivity index (χ2v) is 7.45. The summed E-state index contributed by atoms with van der Waals surface area (Å²) in [5.74, 6) is 0.431. The summed E-state index contributed by atoms with van der Waals surface area (Å²) < 4.78 is 0. The molecule has 28 heavy (non-hydrogen) atoms. The Labute approximate surface area is 164 Å². The number of anilines is 1. The summed E-state index contributed by atoms with van der Waals surface area (Å²) in [6.07, 6.45) is 4.11. The Morgan fingerprint density at radius 2 is 1.75 bits per heavy atom. The third-order valence-electron chi connectivity index (χ3n) is 5.59. The van der Waals surface area contributed by atoms with E-state index in [-0.39, 0.29) is 23.7 Å². The normalized spacial score (nSPS) is 21.3. The van der Waals surface area contributed by atoms with Gasteiger partial charge in [0.25, 0.3) is 0 Å². The molecule has 1 N–H and O–H groups in total. The molecule has 0 radical (unpaired) electrons. The van der Waals surface area contributed by atoms with Crippen molar-refractivity contribution in [2.75, 3.05) is 31.1 Å². The van der Waals surface area contributed by atoms with Gasteiger partial charge in [-0.25, -0.2) is 9.97 Å². The fourth-order valence-corrected chi connectivity index (χ4v) is 3.70. The Kier molecular flexibility index (Phi) is 5.23. The smallest absolute Gasteiger partial charge is 0.226 e. The van der Waals surface area contributed by atoms with E-state index in [2.05, 4.69) is 20.2 Å². The first kappa shape index (κ1) is 18.4. The molecule has 7 nitrogen and oxygen atoms in total. The molecule has 4 rings (SSSR count). The third-order valence-corrected chi connectivity index (χ3v) is 5.59. The lowest BCUT2D eigenvalue weighted by molar-refractivity contribution is -0.135.